The van der Waals surface area contributed by atoms with E-state index in [1.54, 1.807) is 14.0 Å². The van der Waals surface area contributed by atoms with E-state index in [0.29, 0.717) is 5.75 Å². The summed E-state index contributed by atoms with van der Waals surface area (Å²) in [4.78, 5) is 0. The highest BCUT2D eigenvalue weighted by Gasteiger charge is 2.27. The van der Waals surface area contributed by atoms with Crippen LogP contribution >= 0.6 is 0 Å². The maximum atomic E-state index is 10.3. The molecule has 1 aromatic carbocycles. The standard InChI is InChI=1S/C12H20N2O2/c1-8-5-9(2)11(16-4)10(6-8)12(3,15)7-14-13/h5-6,14-15H,7,13H2,1-4H3. The van der Waals surface area contributed by atoms with Crippen LogP contribution in [0, 0.1) is 13.8 Å². The molecule has 90 valence electrons. The normalized spacial score (nSPS) is 14.6. The van der Waals surface area contributed by atoms with Gasteiger partial charge in [0.1, 0.15) is 11.4 Å². The third kappa shape index (κ3) is 2.52. The minimum absolute atomic E-state index is 0.270. The van der Waals surface area contributed by atoms with Crippen molar-refractivity contribution in [2.45, 2.75) is 26.4 Å². The van der Waals surface area contributed by atoms with Gasteiger partial charge in [-0.15, -0.1) is 0 Å². The zero-order valence-electron chi connectivity index (χ0n) is 10.3. The molecule has 1 aromatic rings. The first kappa shape index (κ1) is 13.0. The van der Waals surface area contributed by atoms with E-state index >= 15 is 0 Å². The first-order valence-corrected chi connectivity index (χ1v) is 5.24. The number of ether oxygens (including phenoxy) is 1. The summed E-state index contributed by atoms with van der Waals surface area (Å²) < 4.78 is 5.34. The maximum absolute atomic E-state index is 10.3. The van der Waals surface area contributed by atoms with Crippen LogP contribution in [0.5, 0.6) is 5.75 Å². The Morgan fingerprint density at radius 1 is 1.44 bits per heavy atom. The molecule has 0 aromatic heterocycles. The monoisotopic (exact) mass is 224 g/mol. The minimum Gasteiger partial charge on any atom is -0.496 e. The summed E-state index contributed by atoms with van der Waals surface area (Å²) in [5, 5.41) is 10.3. The van der Waals surface area contributed by atoms with Gasteiger partial charge in [0, 0.05) is 12.1 Å². The smallest absolute Gasteiger partial charge is 0.127 e. The van der Waals surface area contributed by atoms with Crippen LogP contribution in [-0.2, 0) is 5.60 Å². The third-order valence-corrected chi connectivity index (χ3v) is 2.65. The van der Waals surface area contributed by atoms with Crippen LogP contribution in [0.2, 0.25) is 0 Å². The Morgan fingerprint density at radius 2 is 2.06 bits per heavy atom. The van der Waals surface area contributed by atoms with Gasteiger partial charge in [-0.3, -0.25) is 11.3 Å². The molecule has 16 heavy (non-hydrogen) atoms. The lowest BCUT2D eigenvalue weighted by molar-refractivity contribution is 0.0545. The molecular weight excluding hydrogens is 204 g/mol. The summed E-state index contributed by atoms with van der Waals surface area (Å²) in [6.45, 7) is 5.93. The molecule has 0 bridgehead atoms. The molecule has 4 nitrogen and oxygen atoms in total. The highest BCUT2D eigenvalue weighted by atomic mass is 16.5. The molecule has 1 atom stereocenters. The molecule has 4 N–H and O–H groups in total. The van der Waals surface area contributed by atoms with Crippen molar-refractivity contribution in [3.8, 4) is 5.75 Å². The maximum Gasteiger partial charge on any atom is 0.127 e. The topological polar surface area (TPSA) is 67.5 Å². The van der Waals surface area contributed by atoms with Gasteiger partial charge in [0.15, 0.2) is 0 Å². The fourth-order valence-electron chi connectivity index (χ4n) is 1.92. The number of rotatable bonds is 4. The van der Waals surface area contributed by atoms with Crippen molar-refractivity contribution in [1.29, 1.82) is 0 Å². The van der Waals surface area contributed by atoms with Crippen LogP contribution in [0.15, 0.2) is 12.1 Å². The summed E-state index contributed by atoms with van der Waals surface area (Å²) >= 11 is 0. The van der Waals surface area contributed by atoms with E-state index in [1.807, 2.05) is 26.0 Å². The Bertz CT molecular complexity index is 376. The van der Waals surface area contributed by atoms with Crippen molar-refractivity contribution in [2.75, 3.05) is 13.7 Å². The average molecular weight is 224 g/mol. The van der Waals surface area contributed by atoms with Gasteiger partial charge >= 0.3 is 0 Å². The van der Waals surface area contributed by atoms with Crippen molar-refractivity contribution in [3.05, 3.63) is 28.8 Å². The fourth-order valence-corrected chi connectivity index (χ4v) is 1.92. The highest BCUT2D eigenvalue weighted by molar-refractivity contribution is 5.46. The molecule has 0 heterocycles. The summed E-state index contributed by atoms with van der Waals surface area (Å²) in [5.41, 5.74) is 4.30. The summed E-state index contributed by atoms with van der Waals surface area (Å²) in [6.07, 6.45) is 0. The Labute approximate surface area is 96.4 Å². The van der Waals surface area contributed by atoms with E-state index in [4.69, 9.17) is 10.6 Å². The van der Waals surface area contributed by atoms with Crippen molar-refractivity contribution in [1.82, 2.24) is 5.43 Å². The predicted octanol–water partition coefficient (Wildman–Crippen LogP) is 0.983. The molecule has 0 saturated carbocycles. The van der Waals surface area contributed by atoms with Gasteiger partial charge in [0.25, 0.3) is 0 Å². The molecule has 0 amide bonds. The number of hydrogen-bond donors (Lipinski definition) is 3. The molecule has 0 aliphatic carbocycles. The van der Waals surface area contributed by atoms with E-state index < -0.39 is 5.60 Å². The number of methoxy groups -OCH3 is 1. The molecule has 0 spiro atoms. The first-order chi connectivity index (χ1) is 7.42. The molecule has 0 radical (unpaired) electrons. The Hall–Kier alpha value is -1.10. The van der Waals surface area contributed by atoms with Crippen LogP contribution in [0.4, 0.5) is 0 Å². The van der Waals surface area contributed by atoms with Gasteiger partial charge in [-0.1, -0.05) is 11.6 Å². The van der Waals surface area contributed by atoms with Gasteiger partial charge in [-0.05, 0) is 32.4 Å². The van der Waals surface area contributed by atoms with Gasteiger partial charge < -0.3 is 9.84 Å². The fraction of sp³-hybridized carbons (Fsp3) is 0.500. The van der Waals surface area contributed by atoms with Crippen LogP contribution in [-0.4, -0.2) is 18.8 Å². The van der Waals surface area contributed by atoms with E-state index in [-0.39, 0.29) is 6.54 Å². The second kappa shape index (κ2) is 4.82. The second-order valence-electron chi connectivity index (χ2n) is 4.32. The number of benzene rings is 1. The SMILES string of the molecule is COc1c(C)cc(C)cc1C(C)(O)CNN. The molecule has 0 fully saturated rings. The van der Waals surface area contributed by atoms with Gasteiger partial charge in [0.2, 0.25) is 0 Å². The lowest BCUT2D eigenvalue weighted by atomic mass is 9.91. The number of aryl methyl sites for hydroxylation is 2. The number of nitrogens with two attached hydrogens (primary N) is 1. The zero-order valence-corrected chi connectivity index (χ0v) is 10.3. The number of aliphatic hydroxyl groups is 1. The molecule has 0 saturated heterocycles. The molecule has 0 aliphatic heterocycles. The lowest BCUT2D eigenvalue weighted by Gasteiger charge is -2.26. The summed E-state index contributed by atoms with van der Waals surface area (Å²) in [6, 6.07) is 3.94. The first-order valence-electron chi connectivity index (χ1n) is 5.24. The van der Waals surface area contributed by atoms with Gasteiger partial charge in [-0.2, -0.15) is 0 Å². The van der Waals surface area contributed by atoms with E-state index in [1.165, 1.54) is 0 Å². The Kier molecular flexibility index (Phi) is 3.91. The number of hydrogen-bond acceptors (Lipinski definition) is 4. The average Bonchev–Trinajstić information content (AvgIpc) is 2.16. The Balaban J connectivity index is 3.30. The van der Waals surface area contributed by atoms with Crippen molar-refractivity contribution in [3.63, 3.8) is 0 Å². The number of nitrogens with one attached hydrogen (secondary N) is 1. The molecule has 1 unspecified atom stereocenters. The highest BCUT2D eigenvalue weighted by Crippen LogP contribution is 2.33. The molecule has 1 rings (SSSR count). The molecule has 0 aliphatic rings. The van der Waals surface area contributed by atoms with Crippen LogP contribution in [0.3, 0.4) is 0 Å². The van der Waals surface area contributed by atoms with Crippen molar-refractivity contribution in [2.24, 2.45) is 5.84 Å². The van der Waals surface area contributed by atoms with Crippen molar-refractivity contribution >= 4 is 0 Å². The van der Waals surface area contributed by atoms with Crippen LogP contribution in [0.25, 0.3) is 0 Å². The molecule has 4 heteroatoms. The lowest BCUT2D eigenvalue weighted by Crippen LogP contribution is -2.39. The van der Waals surface area contributed by atoms with Gasteiger partial charge in [-0.25, -0.2) is 0 Å². The quantitative estimate of drug-likeness (QED) is 0.527. The van der Waals surface area contributed by atoms with Crippen LogP contribution < -0.4 is 16.0 Å². The third-order valence-electron chi connectivity index (χ3n) is 2.65. The predicted molar refractivity (Wildman–Crippen MR) is 64.2 cm³/mol. The zero-order chi connectivity index (χ0) is 12.3. The van der Waals surface area contributed by atoms with Crippen LogP contribution in [0.1, 0.15) is 23.6 Å². The van der Waals surface area contributed by atoms with E-state index in [9.17, 15) is 5.11 Å². The molecular formula is C12H20N2O2. The second-order valence-corrected chi connectivity index (χ2v) is 4.32. The summed E-state index contributed by atoms with van der Waals surface area (Å²) in [5.74, 6) is 5.98. The van der Waals surface area contributed by atoms with E-state index in [2.05, 4.69) is 5.43 Å². The largest absolute Gasteiger partial charge is 0.496 e. The van der Waals surface area contributed by atoms with E-state index in [0.717, 1.165) is 16.7 Å². The minimum atomic E-state index is -1.04. The van der Waals surface area contributed by atoms with Crippen molar-refractivity contribution < 1.29 is 9.84 Å². The summed E-state index contributed by atoms with van der Waals surface area (Å²) in [7, 11) is 1.60. The Morgan fingerprint density at radius 3 is 2.56 bits per heavy atom. The van der Waals surface area contributed by atoms with Gasteiger partial charge in [0.05, 0.1) is 7.11 Å². The number of hydrazine groups is 1.